The number of nitrogens with two attached hydrogens (primary N) is 1. The van der Waals surface area contributed by atoms with Gasteiger partial charge in [-0.25, -0.2) is 4.79 Å². The molecular formula is C18H16N2O6. The normalized spacial score (nSPS) is 11.7. The second-order valence-corrected chi connectivity index (χ2v) is 5.55. The van der Waals surface area contributed by atoms with Gasteiger partial charge in [-0.15, -0.1) is 0 Å². The smallest absolute Gasteiger partial charge is 0.338 e. The van der Waals surface area contributed by atoms with Crippen LogP contribution in [0.2, 0.25) is 0 Å². The Labute approximate surface area is 148 Å². The lowest BCUT2D eigenvalue weighted by Crippen LogP contribution is -2.22. The molecule has 2 aromatic carbocycles. The Kier molecular flexibility index (Phi) is 4.74. The molecule has 0 bridgehead atoms. The Morgan fingerprint density at radius 2 is 1.77 bits per heavy atom. The number of nitrogens with one attached hydrogen (secondary N) is 1. The van der Waals surface area contributed by atoms with Crippen LogP contribution < -0.4 is 20.5 Å². The molecule has 26 heavy (non-hydrogen) atoms. The number of carbonyl (C=O) groups excluding carboxylic acids is 3. The van der Waals surface area contributed by atoms with E-state index in [1.165, 1.54) is 31.2 Å². The summed E-state index contributed by atoms with van der Waals surface area (Å²) in [6.07, 6.45) is 0. The molecule has 0 aliphatic carbocycles. The quantitative estimate of drug-likeness (QED) is 0.478. The van der Waals surface area contributed by atoms with Gasteiger partial charge in [0.2, 0.25) is 6.79 Å². The van der Waals surface area contributed by atoms with E-state index in [0.29, 0.717) is 17.2 Å². The second kappa shape index (κ2) is 7.14. The standard InChI is InChI=1S/C18H16N2O6/c1-10(21)13-6-15-16(26-9-25-15)7-14(13)20-17(22)8-24-18(23)11-2-4-12(19)5-3-11/h2-7H,8-9,19H2,1H3,(H,20,22). The number of nitrogen functional groups attached to an aromatic ring is 1. The van der Waals surface area contributed by atoms with Crippen LogP contribution in [0.5, 0.6) is 11.5 Å². The van der Waals surface area contributed by atoms with E-state index in [9.17, 15) is 14.4 Å². The minimum Gasteiger partial charge on any atom is -0.454 e. The molecule has 2 aromatic rings. The molecule has 3 rings (SSSR count). The number of amides is 1. The molecule has 0 saturated heterocycles. The molecule has 8 heteroatoms. The molecule has 0 atom stereocenters. The Hall–Kier alpha value is -3.55. The number of rotatable bonds is 5. The molecule has 1 amide bonds. The third-order valence-corrected chi connectivity index (χ3v) is 3.65. The van der Waals surface area contributed by atoms with E-state index in [0.717, 1.165) is 0 Å². The van der Waals surface area contributed by atoms with Crippen LogP contribution in [0.15, 0.2) is 36.4 Å². The Bertz CT molecular complexity index is 876. The monoisotopic (exact) mass is 356 g/mol. The van der Waals surface area contributed by atoms with Crippen molar-refractivity contribution in [3.8, 4) is 11.5 Å². The summed E-state index contributed by atoms with van der Waals surface area (Å²) in [6.45, 7) is 0.909. The molecular weight excluding hydrogens is 340 g/mol. The molecule has 0 saturated carbocycles. The molecule has 0 unspecified atom stereocenters. The van der Waals surface area contributed by atoms with Gasteiger partial charge < -0.3 is 25.3 Å². The third-order valence-electron chi connectivity index (χ3n) is 3.65. The van der Waals surface area contributed by atoms with Gasteiger partial charge in [0.05, 0.1) is 11.3 Å². The van der Waals surface area contributed by atoms with Crippen molar-refractivity contribution in [1.82, 2.24) is 0 Å². The van der Waals surface area contributed by atoms with E-state index in [1.54, 1.807) is 12.1 Å². The first-order valence-corrected chi connectivity index (χ1v) is 7.71. The zero-order valence-corrected chi connectivity index (χ0v) is 13.9. The van der Waals surface area contributed by atoms with E-state index in [4.69, 9.17) is 19.9 Å². The van der Waals surface area contributed by atoms with Crippen LogP contribution in [0, 0.1) is 0 Å². The van der Waals surface area contributed by atoms with E-state index >= 15 is 0 Å². The average molecular weight is 356 g/mol. The molecule has 8 nitrogen and oxygen atoms in total. The summed E-state index contributed by atoms with van der Waals surface area (Å²) in [4.78, 5) is 35.8. The second-order valence-electron chi connectivity index (χ2n) is 5.55. The van der Waals surface area contributed by atoms with Crippen molar-refractivity contribution in [3.05, 3.63) is 47.5 Å². The predicted octanol–water partition coefficient (Wildman–Crippen LogP) is 2.00. The lowest BCUT2D eigenvalue weighted by molar-refractivity contribution is -0.119. The van der Waals surface area contributed by atoms with Gasteiger partial charge in [0.25, 0.3) is 5.91 Å². The number of Topliss-reactive ketones (excluding diaryl/α,β-unsaturated/α-hetero) is 1. The SMILES string of the molecule is CC(=O)c1cc2c(cc1NC(=O)COC(=O)c1ccc(N)cc1)OCO2. The van der Waals surface area contributed by atoms with E-state index in [2.05, 4.69) is 5.32 Å². The summed E-state index contributed by atoms with van der Waals surface area (Å²) in [5.41, 5.74) is 6.87. The zero-order valence-electron chi connectivity index (χ0n) is 13.9. The van der Waals surface area contributed by atoms with E-state index < -0.39 is 18.5 Å². The van der Waals surface area contributed by atoms with Gasteiger partial charge >= 0.3 is 5.97 Å². The van der Waals surface area contributed by atoms with Gasteiger partial charge in [-0.1, -0.05) is 0 Å². The number of anilines is 2. The van der Waals surface area contributed by atoms with Crippen molar-refractivity contribution in [2.24, 2.45) is 0 Å². The minimum absolute atomic E-state index is 0.0449. The number of hydrogen-bond acceptors (Lipinski definition) is 7. The maximum absolute atomic E-state index is 12.1. The molecule has 0 fully saturated rings. The highest BCUT2D eigenvalue weighted by molar-refractivity contribution is 6.05. The largest absolute Gasteiger partial charge is 0.454 e. The van der Waals surface area contributed by atoms with Crippen molar-refractivity contribution in [2.75, 3.05) is 24.5 Å². The first kappa shape index (κ1) is 17.3. The Morgan fingerprint density at radius 1 is 1.12 bits per heavy atom. The van der Waals surface area contributed by atoms with Crippen LogP contribution in [0.25, 0.3) is 0 Å². The van der Waals surface area contributed by atoms with Gasteiger partial charge in [-0.2, -0.15) is 0 Å². The molecule has 0 radical (unpaired) electrons. The first-order chi connectivity index (χ1) is 12.4. The summed E-state index contributed by atoms with van der Waals surface area (Å²) < 4.78 is 15.4. The lowest BCUT2D eigenvalue weighted by Gasteiger charge is -2.11. The molecule has 0 spiro atoms. The third kappa shape index (κ3) is 3.75. The van der Waals surface area contributed by atoms with Gasteiger partial charge in [0.15, 0.2) is 23.9 Å². The average Bonchev–Trinajstić information content (AvgIpc) is 3.06. The molecule has 134 valence electrons. The number of esters is 1. The van der Waals surface area contributed by atoms with Crippen LogP contribution in [0.1, 0.15) is 27.6 Å². The Morgan fingerprint density at radius 3 is 2.42 bits per heavy atom. The predicted molar refractivity (Wildman–Crippen MR) is 92.3 cm³/mol. The van der Waals surface area contributed by atoms with Gasteiger partial charge in [-0.3, -0.25) is 9.59 Å². The number of ketones is 1. The van der Waals surface area contributed by atoms with E-state index in [1.807, 2.05) is 0 Å². The summed E-state index contributed by atoms with van der Waals surface area (Å²) in [7, 11) is 0. The van der Waals surface area contributed by atoms with Gasteiger partial charge in [0.1, 0.15) is 0 Å². The highest BCUT2D eigenvalue weighted by Gasteiger charge is 2.20. The van der Waals surface area contributed by atoms with Crippen molar-refractivity contribution < 1.29 is 28.6 Å². The van der Waals surface area contributed by atoms with Crippen LogP contribution in [-0.4, -0.2) is 31.1 Å². The maximum atomic E-state index is 12.1. The summed E-state index contributed by atoms with van der Waals surface area (Å²) in [5.74, 6) is -0.641. The molecule has 0 aromatic heterocycles. The van der Waals surface area contributed by atoms with Crippen LogP contribution in [-0.2, 0) is 9.53 Å². The van der Waals surface area contributed by atoms with Crippen molar-refractivity contribution in [2.45, 2.75) is 6.92 Å². The fourth-order valence-corrected chi connectivity index (χ4v) is 2.36. The number of fused-ring (bicyclic) bond motifs is 1. The number of ether oxygens (including phenoxy) is 3. The van der Waals surface area contributed by atoms with Crippen LogP contribution >= 0.6 is 0 Å². The van der Waals surface area contributed by atoms with Crippen LogP contribution in [0.4, 0.5) is 11.4 Å². The highest BCUT2D eigenvalue weighted by Crippen LogP contribution is 2.37. The number of hydrogen-bond donors (Lipinski definition) is 2. The minimum atomic E-state index is -0.655. The number of carbonyl (C=O) groups is 3. The molecule has 3 N–H and O–H groups in total. The Balaban J connectivity index is 1.65. The summed E-state index contributed by atoms with van der Waals surface area (Å²) in [6, 6.07) is 9.12. The van der Waals surface area contributed by atoms with Crippen molar-refractivity contribution in [1.29, 1.82) is 0 Å². The fraction of sp³-hybridized carbons (Fsp3) is 0.167. The number of benzene rings is 2. The van der Waals surface area contributed by atoms with Gasteiger partial charge in [-0.05, 0) is 37.3 Å². The fourth-order valence-electron chi connectivity index (χ4n) is 2.36. The van der Waals surface area contributed by atoms with Crippen molar-refractivity contribution >= 4 is 29.0 Å². The van der Waals surface area contributed by atoms with Gasteiger partial charge in [0, 0.05) is 17.3 Å². The zero-order chi connectivity index (χ0) is 18.7. The molecule has 1 aliphatic heterocycles. The molecule has 1 aliphatic rings. The van der Waals surface area contributed by atoms with Crippen LogP contribution in [0.3, 0.4) is 0 Å². The van der Waals surface area contributed by atoms with E-state index in [-0.39, 0.29) is 29.4 Å². The van der Waals surface area contributed by atoms with Crippen molar-refractivity contribution in [3.63, 3.8) is 0 Å². The molecule has 1 heterocycles. The first-order valence-electron chi connectivity index (χ1n) is 7.71. The summed E-state index contributed by atoms with van der Waals surface area (Å²) in [5, 5.41) is 2.54. The maximum Gasteiger partial charge on any atom is 0.338 e. The topological polar surface area (TPSA) is 117 Å². The highest BCUT2D eigenvalue weighted by atomic mass is 16.7. The lowest BCUT2D eigenvalue weighted by atomic mass is 10.1. The summed E-state index contributed by atoms with van der Waals surface area (Å²) >= 11 is 0.